The molecular weight excluding hydrogens is 311 g/mol. The Hall–Kier alpha value is -1.62. The Balaban J connectivity index is 2.16. The molecule has 4 nitrogen and oxygen atoms in total. The van der Waals surface area contributed by atoms with Crippen LogP contribution in [0.2, 0.25) is 10.0 Å². The molecular formula is C15H14Cl2N2O2. The summed E-state index contributed by atoms with van der Waals surface area (Å²) >= 11 is 12.0. The zero-order valence-electron chi connectivity index (χ0n) is 11.1. The van der Waals surface area contributed by atoms with Crippen LogP contribution in [0.5, 0.6) is 0 Å². The summed E-state index contributed by atoms with van der Waals surface area (Å²) in [6.45, 7) is 0. The summed E-state index contributed by atoms with van der Waals surface area (Å²) in [7, 11) is 0. The number of hydrogen-bond donors (Lipinski definition) is 1. The molecule has 21 heavy (non-hydrogen) atoms. The van der Waals surface area contributed by atoms with Crippen molar-refractivity contribution in [3.63, 3.8) is 0 Å². The molecule has 2 aromatic rings. The first-order valence-corrected chi connectivity index (χ1v) is 7.14. The van der Waals surface area contributed by atoms with E-state index >= 15 is 0 Å². The summed E-state index contributed by atoms with van der Waals surface area (Å²) in [5.74, 6) is 0. The van der Waals surface area contributed by atoms with Crippen LogP contribution in [-0.4, -0.2) is 11.0 Å². The van der Waals surface area contributed by atoms with Gasteiger partial charge in [0, 0.05) is 27.7 Å². The number of halogens is 2. The molecule has 1 atom stereocenters. The minimum absolute atomic E-state index is 0.0361. The van der Waals surface area contributed by atoms with Crippen molar-refractivity contribution in [2.24, 2.45) is 5.73 Å². The predicted octanol–water partition coefficient (Wildman–Crippen LogP) is 4.01. The molecule has 0 aliphatic rings. The molecule has 2 rings (SSSR count). The lowest BCUT2D eigenvalue weighted by atomic mass is 9.98. The number of hydrogen-bond acceptors (Lipinski definition) is 3. The molecule has 0 saturated carbocycles. The summed E-state index contributed by atoms with van der Waals surface area (Å²) in [5.41, 5.74) is 7.60. The van der Waals surface area contributed by atoms with E-state index in [1.54, 1.807) is 12.1 Å². The van der Waals surface area contributed by atoms with Gasteiger partial charge < -0.3 is 5.73 Å². The Morgan fingerprint density at radius 2 is 1.76 bits per heavy atom. The van der Waals surface area contributed by atoms with Gasteiger partial charge in [-0.2, -0.15) is 0 Å². The van der Waals surface area contributed by atoms with E-state index < -0.39 is 4.92 Å². The van der Waals surface area contributed by atoms with Crippen molar-refractivity contribution >= 4 is 28.9 Å². The molecule has 110 valence electrons. The van der Waals surface area contributed by atoms with Crippen LogP contribution in [0.25, 0.3) is 0 Å². The highest BCUT2D eigenvalue weighted by Crippen LogP contribution is 2.25. The quantitative estimate of drug-likeness (QED) is 0.667. The largest absolute Gasteiger partial charge is 0.327 e. The Bertz CT molecular complexity index is 662. The van der Waals surface area contributed by atoms with Crippen LogP contribution in [0, 0.1) is 10.1 Å². The van der Waals surface area contributed by atoms with Crippen molar-refractivity contribution in [2.75, 3.05) is 0 Å². The van der Waals surface area contributed by atoms with Crippen LogP contribution >= 0.6 is 23.2 Å². The number of nitro groups is 1. The summed E-state index contributed by atoms with van der Waals surface area (Å²) in [6.07, 6.45) is 0.908. The zero-order chi connectivity index (χ0) is 15.4. The summed E-state index contributed by atoms with van der Waals surface area (Å²) < 4.78 is 0. The number of benzene rings is 2. The van der Waals surface area contributed by atoms with Crippen LogP contribution in [0.15, 0.2) is 42.5 Å². The first-order valence-electron chi connectivity index (χ1n) is 6.39. The SMILES string of the molecule is NC(Cc1ccccc1Cl)Cc1cc(Cl)ccc1[N+](=O)[O-]. The highest BCUT2D eigenvalue weighted by atomic mass is 35.5. The monoisotopic (exact) mass is 324 g/mol. The van der Waals surface area contributed by atoms with Crippen molar-refractivity contribution in [2.45, 2.75) is 18.9 Å². The molecule has 1 unspecified atom stereocenters. The van der Waals surface area contributed by atoms with E-state index in [1.807, 2.05) is 18.2 Å². The minimum Gasteiger partial charge on any atom is -0.327 e. The topological polar surface area (TPSA) is 69.2 Å². The lowest BCUT2D eigenvalue weighted by Gasteiger charge is -2.13. The van der Waals surface area contributed by atoms with E-state index in [0.717, 1.165) is 5.56 Å². The highest BCUT2D eigenvalue weighted by molar-refractivity contribution is 6.31. The molecule has 0 radical (unpaired) electrons. The Labute approximate surface area is 132 Å². The number of nitro benzene ring substituents is 1. The number of rotatable bonds is 5. The molecule has 0 heterocycles. The second-order valence-electron chi connectivity index (χ2n) is 4.79. The molecule has 0 aromatic heterocycles. The van der Waals surface area contributed by atoms with E-state index in [4.69, 9.17) is 28.9 Å². The fourth-order valence-electron chi connectivity index (χ4n) is 2.20. The predicted molar refractivity (Wildman–Crippen MR) is 84.9 cm³/mol. The van der Waals surface area contributed by atoms with Crippen molar-refractivity contribution in [3.8, 4) is 0 Å². The van der Waals surface area contributed by atoms with Gasteiger partial charge in [-0.3, -0.25) is 10.1 Å². The van der Waals surface area contributed by atoms with E-state index in [2.05, 4.69) is 0 Å². The van der Waals surface area contributed by atoms with Crippen LogP contribution in [-0.2, 0) is 12.8 Å². The van der Waals surface area contributed by atoms with Gasteiger partial charge in [0.1, 0.15) is 0 Å². The second kappa shape index (κ2) is 6.89. The lowest BCUT2D eigenvalue weighted by molar-refractivity contribution is -0.385. The second-order valence-corrected chi connectivity index (χ2v) is 5.63. The molecule has 2 N–H and O–H groups in total. The third kappa shape index (κ3) is 4.17. The molecule has 0 aliphatic heterocycles. The third-order valence-electron chi connectivity index (χ3n) is 3.16. The molecule has 0 spiro atoms. The van der Waals surface area contributed by atoms with Crippen LogP contribution < -0.4 is 5.73 Å². The maximum absolute atomic E-state index is 11.0. The van der Waals surface area contributed by atoms with Gasteiger partial charge in [0.25, 0.3) is 5.69 Å². The Morgan fingerprint density at radius 3 is 2.43 bits per heavy atom. The highest BCUT2D eigenvalue weighted by Gasteiger charge is 2.17. The summed E-state index contributed by atoms with van der Waals surface area (Å²) in [5, 5.41) is 12.1. The molecule has 2 aromatic carbocycles. The van der Waals surface area contributed by atoms with E-state index in [1.165, 1.54) is 12.1 Å². The molecule has 6 heteroatoms. The van der Waals surface area contributed by atoms with Gasteiger partial charge in [-0.05, 0) is 36.6 Å². The van der Waals surface area contributed by atoms with Crippen molar-refractivity contribution < 1.29 is 4.92 Å². The van der Waals surface area contributed by atoms with Gasteiger partial charge in [-0.15, -0.1) is 0 Å². The fraction of sp³-hybridized carbons (Fsp3) is 0.200. The smallest absolute Gasteiger partial charge is 0.272 e. The minimum atomic E-state index is -0.423. The van der Waals surface area contributed by atoms with Crippen LogP contribution in [0.1, 0.15) is 11.1 Å². The molecule has 0 bridgehead atoms. The summed E-state index contributed by atoms with van der Waals surface area (Å²) in [4.78, 5) is 10.6. The maximum atomic E-state index is 11.0. The number of nitrogens with two attached hydrogens (primary N) is 1. The van der Waals surface area contributed by atoms with E-state index in [-0.39, 0.29) is 11.7 Å². The number of nitrogens with zero attached hydrogens (tertiary/aromatic N) is 1. The van der Waals surface area contributed by atoms with Crippen LogP contribution in [0.3, 0.4) is 0 Å². The molecule has 0 fully saturated rings. The fourth-order valence-corrected chi connectivity index (χ4v) is 2.60. The first kappa shape index (κ1) is 15.8. The van der Waals surface area contributed by atoms with Gasteiger partial charge in [0.15, 0.2) is 0 Å². The Morgan fingerprint density at radius 1 is 1.10 bits per heavy atom. The van der Waals surface area contributed by atoms with Crippen molar-refractivity contribution in [1.82, 2.24) is 0 Å². The zero-order valence-corrected chi connectivity index (χ0v) is 12.6. The Kier molecular flexibility index (Phi) is 5.17. The van der Waals surface area contributed by atoms with Crippen molar-refractivity contribution in [3.05, 3.63) is 73.8 Å². The van der Waals surface area contributed by atoms with Gasteiger partial charge in [-0.25, -0.2) is 0 Å². The molecule has 0 amide bonds. The first-order chi connectivity index (χ1) is 9.97. The van der Waals surface area contributed by atoms with Gasteiger partial charge in [0.2, 0.25) is 0 Å². The van der Waals surface area contributed by atoms with Gasteiger partial charge in [-0.1, -0.05) is 41.4 Å². The van der Waals surface area contributed by atoms with E-state index in [0.29, 0.717) is 28.5 Å². The lowest BCUT2D eigenvalue weighted by Crippen LogP contribution is -2.26. The average molecular weight is 325 g/mol. The summed E-state index contributed by atoms with van der Waals surface area (Å²) in [6, 6.07) is 11.6. The van der Waals surface area contributed by atoms with Crippen LogP contribution in [0.4, 0.5) is 5.69 Å². The third-order valence-corrected chi connectivity index (χ3v) is 3.76. The van der Waals surface area contributed by atoms with Gasteiger partial charge in [0.05, 0.1) is 4.92 Å². The molecule has 0 aliphatic carbocycles. The normalized spacial score (nSPS) is 12.1. The standard InChI is InChI=1S/C15H14Cl2N2O2/c16-12-5-6-15(19(20)21)11(7-12)9-13(18)8-10-3-1-2-4-14(10)17/h1-7,13H,8-9,18H2. The van der Waals surface area contributed by atoms with Crippen molar-refractivity contribution in [1.29, 1.82) is 0 Å². The van der Waals surface area contributed by atoms with Gasteiger partial charge >= 0.3 is 0 Å². The van der Waals surface area contributed by atoms with E-state index in [9.17, 15) is 10.1 Å². The maximum Gasteiger partial charge on any atom is 0.272 e. The molecule has 0 saturated heterocycles. The average Bonchev–Trinajstić information content (AvgIpc) is 2.41.